The van der Waals surface area contributed by atoms with E-state index in [1.165, 1.54) is 22.7 Å². The van der Waals surface area contributed by atoms with Gasteiger partial charge in [-0.15, -0.1) is 22.7 Å². The van der Waals surface area contributed by atoms with E-state index in [0.717, 1.165) is 14.2 Å². The van der Waals surface area contributed by atoms with Gasteiger partial charge in [-0.3, -0.25) is 0 Å². The van der Waals surface area contributed by atoms with E-state index in [2.05, 4.69) is 4.98 Å². The molecule has 2 nitrogen and oxygen atoms in total. The number of nitrogens with zero attached hydrogens (tertiary/aromatic N) is 1. The van der Waals surface area contributed by atoms with E-state index in [1.54, 1.807) is 13.8 Å². The third-order valence-electron chi connectivity index (χ3n) is 1.92. The molecule has 0 saturated heterocycles. The average Bonchev–Trinajstić information content (AvgIpc) is 2.69. The van der Waals surface area contributed by atoms with E-state index in [1.807, 2.05) is 17.5 Å². The van der Waals surface area contributed by atoms with Gasteiger partial charge in [0.15, 0.2) is 0 Å². The predicted octanol–water partition coefficient (Wildman–Crippen LogP) is 3.75. The van der Waals surface area contributed by atoms with Crippen LogP contribution in [-0.4, -0.2) is 10.1 Å². The molecule has 0 aliphatic rings. The molecule has 80 valence electrons. The van der Waals surface area contributed by atoms with Crippen LogP contribution in [0.15, 0.2) is 17.5 Å². The minimum Gasteiger partial charge on any atom is -0.384 e. The summed E-state index contributed by atoms with van der Waals surface area (Å²) in [5.74, 6) is 0. The first-order valence-corrected chi connectivity index (χ1v) is 6.48. The maximum absolute atomic E-state index is 9.78. The first-order chi connectivity index (χ1) is 6.97. The molecule has 2 heterocycles. The maximum atomic E-state index is 9.78. The number of thiophene rings is 1. The zero-order chi connectivity index (χ0) is 11.1. The lowest BCUT2D eigenvalue weighted by molar-refractivity contribution is 0.0746. The van der Waals surface area contributed by atoms with Gasteiger partial charge in [-0.05, 0) is 26.0 Å². The summed E-state index contributed by atoms with van der Waals surface area (Å²) >= 11 is 8.87. The first-order valence-electron chi connectivity index (χ1n) is 4.41. The van der Waals surface area contributed by atoms with Crippen LogP contribution in [0, 0.1) is 0 Å². The minimum atomic E-state index is -0.879. The Kier molecular flexibility index (Phi) is 2.85. The minimum absolute atomic E-state index is 0.701. The van der Waals surface area contributed by atoms with Crippen molar-refractivity contribution in [3.05, 3.63) is 27.5 Å². The summed E-state index contributed by atoms with van der Waals surface area (Å²) in [6, 6.07) is 3.80. The first kappa shape index (κ1) is 11.1. The maximum Gasteiger partial charge on any atom is 0.133 e. The van der Waals surface area contributed by atoms with Crippen molar-refractivity contribution >= 4 is 34.3 Å². The molecule has 0 aliphatic carbocycles. The molecule has 2 aromatic rings. The van der Waals surface area contributed by atoms with Gasteiger partial charge in [-0.2, -0.15) is 0 Å². The molecule has 0 radical (unpaired) electrons. The van der Waals surface area contributed by atoms with Gasteiger partial charge in [-0.25, -0.2) is 4.98 Å². The summed E-state index contributed by atoms with van der Waals surface area (Å²) in [4.78, 5) is 5.43. The van der Waals surface area contributed by atoms with E-state index in [9.17, 15) is 5.11 Å². The summed E-state index contributed by atoms with van der Waals surface area (Å²) in [6.07, 6.45) is 0. The Bertz CT molecular complexity index is 470. The molecule has 0 atom stereocenters. The van der Waals surface area contributed by atoms with Crippen LogP contribution < -0.4 is 0 Å². The van der Waals surface area contributed by atoms with Crippen LogP contribution in [0.25, 0.3) is 9.88 Å². The average molecular weight is 260 g/mol. The quantitative estimate of drug-likeness (QED) is 0.891. The molecular weight excluding hydrogens is 250 g/mol. The van der Waals surface area contributed by atoms with Crippen LogP contribution in [0.2, 0.25) is 4.34 Å². The monoisotopic (exact) mass is 259 g/mol. The van der Waals surface area contributed by atoms with Crippen molar-refractivity contribution in [3.63, 3.8) is 0 Å². The lowest BCUT2D eigenvalue weighted by Crippen LogP contribution is -2.15. The van der Waals surface area contributed by atoms with Crippen molar-refractivity contribution < 1.29 is 5.11 Å². The smallest absolute Gasteiger partial charge is 0.133 e. The van der Waals surface area contributed by atoms with E-state index < -0.39 is 5.60 Å². The van der Waals surface area contributed by atoms with Crippen LogP contribution in [0.5, 0.6) is 0 Å². The lowest BCUT2D eigenvalue weighted by Gasteiger charge is -2.12. The molecule has 0 unspecified atom stereocenters. The molecule has 2 rings (SSSR count). The number of rotatable bonds is 2. The Labute approximate surface area is 101 Å². The van der Waals surface area contributed by atoms with Gasteiger partial charge in [-0.1, -0.05) is 11.6 Å². The van der Waals surface area contributed by atoms with Gasteiger partial charge in [0.1, 0.15) is 10.6 Å². The highest BCUT2D eigenvalue weighted by Gasteiger charge is 2.20. The Hall–Kier alpha value is -0.420. The van der Waals surface area contributed by atoms with E-state index in [4.69, 9.17) is 11.6 Å². The topological polar surface area (TPSA) is 33.1 Å². The van der Waals surface area contributed by atoms with E-state index in [-0.39, 0.29) is 0 Å². The Balaban J connectivity index is 2.36. The fourth-order valence-electron chi connectivity index (χ4n) is 1.10. The van der Waals surface area contributed by atoms with Crippen molar-refractivity contribution in [2.45, 2.75) is 19.4 Å². The fourth-order valence-corrected chi connectivity index (χ4v) is 3.19. The van der Waals surface area contributed by atoms with Crippen molar-refractivity contribution in [1.29, 1.82) is 0 Å². The third kappa shape index (κ3) is 2.39. The molecule has 1 N–H and O–H groups in total. The van der Waals surface area contributed by atoms with Crippen molar-refractivity contribution in [3.8, 4) is 9.88 Å². The van der Waals surface area contributed by atoms with Crippen LogP contribution in [0.4, 0.5) is 0 Å². The standard InChI is InChI=1S/C10H10ClNOS2/c1-10(2,13)7-5-14-9(12-7)6-3-4-8(11)15-6/h3-5,13H,1-2H3. The number of aromatic nitrogens is 1. The molecule has 0 aromatic carbocycles. The molecule has 0 saturated carbocycles. The largest absolute Gasteiger partial charge is 0.384 e. The number of thiazole rings is 1. The fraction of sp³-hybridized carbons (Fsp3) is 0.300. The van der Waals surface area contributed by atoms with Crippen molar-refractivity contribution in [2.24, 2.45) is 0 Å². The lowest BCUT2D eigenvalue weighted by atomic mass is 10.1. The molecule has 0 amide bonds. The normalized spacial score (nSPS) is 12.0. The van der Waals surface area contributed by atoms with Crippen LogP contribution in [0.1, 0.15) is 19.5 Å². The summed E-state index contributed by atoms with van der Waals surface area (Å²) in [5.41, 5.74) is -0.178. The predicted molar refractivity (Wildman–Crippen MR) is 65.7 cm³/mol. The SMILES string of the molecule is CC(C)(O)c1csc(-c2ccc(Cl)s2)n1. The van der Waals surface area contributed by atoms with E-state index >= 15 is 0 Å². The molecule has 0 bridgehead atoms. The van der Waals surface area contributed by atoms with Crippen LogP contribution >= 0.6 is 34.3 Å². The zero-order valence-electron chi connectivity index (χ0n) is 8.32. The summed E-state index contributed by atoms with van der Waals surface area (Å²) < 4.78 is 0.755. The molecule has 0 aliphatic heterocycles. The number of hydrogen-bond acceptors (Lipinski definition) is 4. The summed E-state index contributed by atoms with van der Waals surface area (Å²) in [6.45, 7) is 3.46. The molecule has 5 heteroatoms. The number of hydrogen-bond donors (Lipinski definition) is 1. The van der Waals surface area contributed by atoms with Crippen molar-refractivity contribution in [2.75, 3.05) is 0 Å². The van der Waals surface area contributed by atoms with Crippen LogP contribution in [-0.2, 0) is 5.60 Å². The Morgan fingerprint density at radius 1 is 1.40 bits per heavy atom. The molecule has 0 fully saturated rings. The third-order valence-corrected chi connectivity index (χ3v) is 4.16. The number of aliphatic hydroxyl groups is 1. The van der Waals surface area contributed by atoms with Gasteiger partial charge >= 0.3 is 0 Å². The van der Waals surface area contributed by atoms with E-state index in [0.29, 0.717) is 5.69 Å². The molecule has 0 spiro atoms. The summed E-state index contributed by atoms with van der Waals surface area (Å²) in [5, 5.41) is 12.6. The molecule has 15 heavy (non-hydrogen) atoms. The molecule has 2 aromatic heterocycles. The zero-order valence-corrected chi connectivity index (χ0v) is 10.7. The highest BCUT2D eigenvalue weighted by Crippen LogP contribution is 2.34. The second kappa shape index (κ2) is 3.87. The Morgan fingerprint density at radius 2 is 2.13 bits per heavy atom. The molecular formula is C10H10ClNOS2. The van der Waals surface area contributed by atoms with Crippen molar-refractivity contribution in [1.82, 2.24) is 4.98 Å². The Morgan fingerprint density at radius 3 is 2.60 bits per heavy atom. The van der Waals surface area contributed by atoms with Gasteiger partial charge < -0.3 is 5.11 Å². The number of halogens is 1. The highest BCUT2D eigenvalue weighted by atomic mass is 35.5. The van der Waals surface area contributed by atoms with Gasteiger partial charge in [0.2, 0.25) is 0 Å². The second-order valence-electron chi connectivity index (χ2n) is 3.70. The van der Waals surface area contributed by atoms with Gasteiger partial charge in [0.25, 0.3) is 0 Å². The summed E-state index contributed by atoms with van der Waals surface area (Å²) in [7, 11) is 0. The second-order valence-corrected chi connectivity index (χ2v) is 6.27. The van der Waals surface area contributed by atoms with Gasteiger partial charge in [0, 0.05) is 5.38 Å². The van der Waals surface area contributed by atoms with Crippen LogP contribution in [0.3, 0.4) is 0 Å². The van der Waals surface area contributed by atoms with Gasteiger partial charge in [0.05, 0.1) is 14.9 Å². The highest BCUT2D eigenvalue weighted by molar-refractivity contribution is 7.23.